The molecule has 3 aliphatic carbocycles. The number of ether oxygens (including phenoxy) is 2. The molecule has 2 aromatic rings. The molecule has 282 valence electrons. The summed E-state index contributed by atoms with van der Waals surface area (Å²) in [6.45, 7) is 10.8. The number of hydrogen-bond donors (Lipinski definition) is 1. The summed E-state index contributed by atoms with van der Waals surface area (Å²) in [5.74, 6) is 0.553. The van der Waals surface area contributed by atoms with Crippen LogP contribution in [0.15, 0.2) is 48.6 Å². The number of halogens is 1. The van der Waals surface area contributed by atoms with Gasteiger partial charge >= 0.3 is 0 Å². The predicted molar refractivity (Wildman–Crippen MR) is 206 cm³/mol. The van der Waals surface area contributed by atoms with E-state index >= 15 is 0 Å². The van der Waals surface area contributed by atoms with E-state index in [0.717, 1.165) is 100 Å². The van der Waals surface area contributed by atoms with Gasteiger partial charge in [-0.25, -0.2) is 13.1 Å². The standard InChI is InChI=1S/C41H55ClN4O5S/c1-28-6-4-17-41(50-3,26-44-18-20-45(21-19-44)34-11-12-34)36-13-8-32(36)24-46-25-40(16-5-7-30-22-33(42)10-14-35(30)40)27-51-38-15-9-31(23-37(38)46)39(47)43-52(48,49)29(28)2/h4,9-10,14-15,17,22-23,28-29,32,34,36H,5-8,11-13,16,18-21,24-27H2,1-3H3,(H,43,47)/b17-4+/t28-,29+,32-,36+,40-,41-/m0/s1. The van der Waals surface area contributed by atoms with Gasteiger partial charge in [0.15, 0.2) is 0 Å². The molecule has 6 atom stereocenters. The van der Waals surface area contributed by atoms with Crippen LogP contribution < -0.4 is 14.4 Å². The third-order valence-electron chi connectivity index (χ3n) is 13.6. The monoisotopic (exact) mass is 750 g/mol. The second-order valence-electron chi connectivity index (χ2n) is 16.7. The number of nitrogens with one attached hydrogen (secondary N) is 1. The van der Waals surface area contributed by atoms with E-state index in [1.165, 1.54) is 24.0 Å². The molecule has 2 aromatic carbocycles. The van der Waals surface area contributed by atoms with E-state index in [1.807, 2.05) is 32.2 Å². The first-order chi connectivity index (χ1) is 25.0. The number of amides is 1. The Labute approximate surface area is 315 Å². The fraction of sp³-hybridized carbons (Fsp3) is 0.634. The van der Waals surface area contributed by atoms with Crippen LogP contribution in [0.5, 0.6) is 5.75 Å². The highest BCUT2D eigenvalue weighted by Crippen LogP contribution is 2.49. The Hall–Kier alpha value is -2.63. The fourth-order valence-corrected chi connectivity index (χ4v) is 11.4. The van der Waals surface area contributed by atoms with Crippen LogP contribution in [0.1, 0.15) is 80.3 Å². The Kier molecular flexibility index (Phi) is 9.94. The number of nitrogens with zero attached hydrogens (tertiary/aromatic N) is 3. The van der Waals surface area contributed by atoms with Crippen molar-refractivity contribution in [1.29, 1.82) is 0 Å². The Morgan fingerprint density at radius 1 is 1.04 bits per heavy atom. The van der Waals surface area contributed by atoms with Gasteiger partial charge in [-0.05, 0) is 118 Å². The van der Waals surface area contributed by atoms with Crippen LogP contribution >= 0.6 is 11.6 Å². The summed E-state index contributed by atoms with van der Waals surface area (Å²) in [6, 6.07) is 12.5. The van der Waals surface area contributed by atoms with E-state index in [1.54, 1.807) is 13.0 Å². The molecule has 3 heterocycles. The SMILES string of the molecule is CO[C@]1(CN2CCN(C3CC3)CC2)/C=C/C[C@H](C)[C@@H](C)S(=O)(=O)NC(=O)c2ccc3c(c2)N(C[C@@H]2CC[C@H]21)C[C@@]1(CCCc2cc(Cl)ccc21)CO3. The van der Waals surface area contributed by atoms with Gasteiger partial charge in [0.1, 0.15) is 11.4 Å². The number of allylic oxidation sites excluding steroid dienone is 1. The summed E-state index contributed by atoms with van der Waals surface area (Å²) in [7, 11) is -2.08. The van der Waals surface area contributed by atoms with Crippen molar-refractivity contribution in [2.75, 3.05) is 64.4 Å². The summed E-state index contributed by atoms with van der Waals surface area (Å²) in [6.07, 6.45) is 12.8. The first kappa shape index (κ1) is 36.4. The smallest absolute Gasteiger partial charge is 0.264 e. The van der Waals surface area contributed by atoms with E-state index < -0.39 is 26.8 Å². The zero-order chi connectivity index (χ0) is 36.3. The number of methoxy groups -OCH3 is 1. The highest BCUT2D eigenvalue weighted by Gasteiger charge is 2.50. The van der Waals surface area contributed by atoms with Gasteiger partial charge in [0.25, 0.3) is 5.91 Å². The number of aryl methyl sites for hydroxylation is 1. The van der Waals surface area contributed by atoms with E-state index in [2.05, 4.69) is 43.7 Å². The summed E-state index contributed by atoms with van der Waals surface area (Å²) in [5, 5.41) is -0.0125. The molecule has 0 unspecified atom stereocenters. The average molecular weight is 751 g/mol. The van der Waals surface area contributed by atoms with Crippen molar-refractivity contribution in [1.82, 2.24) is 14.5 Å². The molecule has 2 saturated carbocycles. The minimum absolute atomic E-state index is 0.205. The molecule has 3 aliphatic heterocycles. The molecule has 3 fully saturated rings. The van der Waals surface area contributed by atoms with Gasteiger partial charge < -0.3 is 14.4 Å². The third-order valence-corrected chi connectivity index (χ3v) is 15.7. The Bertz CT molecular complexity index is 1810. The lowest BCUT2D eigenvalue weighted by atomic mass is 9.63. The lowest BCUT2D eigenvalue weighted by molar-refractivity contribution is -0.0956. The molecule has 1 amide bonds. The number of sulfonamides is 1. The first-order valence-electron chi connectivity index (χ1n) is 19.6. The molecule has 52 heavy (non-hydrogen) atoms. The molecule has 9 nitrogen and oxygen atoms in total. The van der Waals surface area contributed by atoms with Crippen LogP contribution in [0, 0.1) is 17.8 Å². The minimum Gasteiger partial charge on any atom is -0.490 e. The van der Waals surface area contributed by atoms with Gasteiger partial charge in [0.05, 0.1) is 17.5 Å². The van der Waals surface area contributed by atoms with Crippen molar-refractivity contribution < 1.29 is 22.7 Å². The zero-order valence-electron chi connectivity index (χ0n) is 31.0. The quantitative estimate of drug-likeness (QED) is 0.378. The normalized spacial score (nSPS) is 34.6. The molecule has 11 heteroatoms. The number of carbonyl (C=O) groups excluding carboxylic acids is 1. The van der Waals surface area contributed by atoms with Crippen molar-refractivity contribution in [2.24, 2.45) is 17.8 Å². The number of rotatable bonds is 4. The predicted octanol–water partition coefficient (Wildman–Crippen LogP) is 6.05. The molecule has 6 aliphatic rings. The third kappa shape index (κ3) is 6.91. The number of anilines is 1. The van der Waals surface area contributed by atoms with Gasteiger partial charge in [0, 0.05) is 75.0 Å². The van der Waals surface area contributed by atoms with Gasteiger partial charge in [-0.2, -0.15) is 0 Å². The molecule has 0 radical (unpaired) electrons. The average Bonchev–Trinajstić information content (AvgIpc) is 3.98. The number of carbonyl (C=O) groups is 1. The number of fused-ring (bicyclic) bond motifs is 4. The summed E-state index contributed by atoms with van der Waals surface area (Å²) < 4.78 is 43.0. The van der Waals surface area contributed by atoms with Crippen molar-refractivity contribution in [2.45, 2.75) is 87.5 Å². The van der Waals surface area contributed by atoms with Crippen molar-refractivity contribution in [3.8, 4) is 5.75 Å². The van der Waals surface area contributed by atoms with Crippen LogP contribution in [-0.4, -0.2) is 101 Å². The number of hydrogen-bond acceptors (Lipinski definition) is 8. The van der Waals surface area contributed by atoms with Crippen LogP contribution in [0.25, 0.3) is 0 Å². The zero-order valence-corrected chi connectivity index (χ0v) is 32.6. The van der Waals surface area contributed by atoms with E-state index in [0.29, 0.717) is 24.5 Å². The second-order valence-corrected chi connectivity index (χ2v) is 19.2. The maximum atomic E-state index is 13.6. The lowest BCUT2D eigenvalue weighted by Gasteiger charge is -2.52. The lowest BCUT2D eigenvalue weighted by Crippen LogP contribution is -2.59. The van der Waals surface area contributed by atoms with Crippen LogP contribution in [-0.2, 0) is 26.6 Å². The highest BCUT2D eigenvalue weighted by molar-refractivity contribution is 7.90. The molecular formula is C41H55ClN4O5S. The van der Waals surface area contributed by atoms with Crippen LogP contribution in [0.3, 0.4) is 0 Å². The minimum atomic E-state index is -3.94. The van der Waals surface area contributed by atoms with Gasteiger partial charge in [-0.3, -0.25) is 14.6 Å². The van der Waals surface area contributed by atoms with Crippen molar-refractivity contribution >= 4 is 33.2 Å². The van der Waals surface area contributed by atoms with Gasteiger partial charge in [-0.15, -0.1) is 0 Å². The molecule has 1 N–H and O–H groups in total. The number of piperazine rings is 1. The van der Waals surface area contributed by atoms with E-state index in [9.17, 15) is 13.2 Å². The van der Waals surface area contributed by atoms with Gasteiger partial charge in [0.2, 0.25) is 10.0 Å². The number of benzene rings is 2. The van der Waals surface area contributed by atoms with Gasteiger partial charge in [-0.1, -0.05) is 36.7 Å². The Morgan fingerprint density at radius 2 is 1.85 bits per heavy atom. The summed E-state index contributed by atoms with van der Waals surface area (Å²) in [5.41, 5.74) is 2.97. The maximum Gasteiger partial charge on any atom is 0.264 e. The maximum absolute atomic E-state index is 13.6. The molecule has 8 rings (SSSR count). The van der Waals surface area contributed by atoms with Crippen molar-refractivity contribution in [3.05, 3.63) is 70.3 Å². The largest absolute Gasteiger partial charge is 0.490 e. The van der Waals surface area contributed by atoms with E-state index in [4.69, 9.17) is 21.1 Å². The Morgan fingerprint density at radius 3 is 2.58 bits per heavy atom. The van der Waals surface area contributed by atoms with Crippen molar-refractivity contribution in [3.63, 3.8) is 0 Å². The molecule has 1 saturated heterocycles. The van der Waals surface area contributed by atoms with Crippen LogP contribution in [0.2, 0.25) is 5.02 Å². The molecule has 0 aromatic heterocycles. The summed E-state index contributed by atoms with van der Waals surface area (Å²) in [4.78, 5) is 21.3. The first-order valence-corrected chi connectivity index (χ1v) is 21.5. The molecular weight excluding hydrogens is 696 g/mol. The molecule has 2 bridgehead atoms. The fourth-order valence-electron chi connectivity index (χ4n) is 9.88. The summed E-state index contributed by atoms with van der Waals surface area (Å²) >= 11 is 6.50. The van der Waals surface area contributed by atoms with E-state index in [-0.39, 0.29) is 17.3 Å². The highest BCUT2D eigenvalue weighted by atomic mass is 35.5. The molecule has 1 spiro atoms. The topological polar surface area (TPSA) is 91.4 Å². The second kappa shape index (κ2) is 14.2. The Balaban J connectivity index is 1.18. The van der Waals surface area contributed by atoms with Crippen LogP contribution in [0.4, 0.5) is 5.69 Å².